The van der Waals surface area contributed by atoms with Gasteiger partial charge in [0.05, 0.1) is 0 Å². The number of nitrogens with zero attached hydrogens (tertiary/aromatic N) is 2. The first kappa shape index (κ1) is 13.7. The van der Waals surface area contributed by atoms with Gasteiger partial charge in [-0.2, -0.15) is 0 Å². The van der Waals surface area contributed by atoms with Gasteiger partial charge in [-0.1, -0.05) is 20.8 Å². The maximum atomic E-state index is 2.59. The Hall–Kier alpha value is -0.760. The van der Waals surface area contributed by atoms with Crippen molar-refractivity contribution in [2.24, 2.45) is 7.05 Å². The fourth-order valence-corrected chi connectivity index (χ4v) is 2.94. The largest absolute Gasteiger partial charge is 0.350 e. The minimum absolute atomic E-state index is 0.235. The van der Waals surface area contributed by atoms with E-state index in [1.54, 1.807) is 5.56 Å². The Morgan fingerprint density at radius 3 is 2.17 bits per heavy atom. The Labute approximate surface area is 112 Å². The van der Waals surface area contributed by atoms with Crippen LogP contribution in [0.3, 0.4) is 0 Å². The van der Waals surface area contributed by atoms with Gasteiger partial charge in [0, 0.05) is 42.5 Å². The van der Waals surface area contributed by atoms with Crippen LogP contribution in [0, 0.1) is 0 Å². The van der Waals surface area contributed by atoms with Crippen molar-refractivity contribution >= 4 is 0 Å². The summed E-state index contributed by atoms with van der Waals surface area (Å²) in [6, 6.07) is 2.43. The highest BCUT2D eigenvalue weighted by Gasteiger charge is 2.30. The van der Waals surface area contributed by atoms with Gasteiger partial charge in [-0.15, -0.1) is 0 Å². The van der Waals surface area contributed by atoms with Crippen LogP contribution in [0.15, 0.2) is 6.07 Å². The molecule has 0 saturated carbocycles. The summed E-state index contributed by atoms with van der Waals surface area (Å²) >= 11 is 0. The molecule has 2 heteroatoms. The summed E-state index contributed by atoms with van der Waals surface area (Å²) in [6.45, 7) is 16.1. The van der Waals surface area contributed by atoms with E-state index in [-0.39, 0.29) is 11.0 Å². The number of hydrogen-bond acceptors (Lipinski definition) is 1. The lowest BCUT2D eigenvalue weighted by molar-refractivity contribution is 0.117. The molecule has 1 aliphatic heterocycles. The standard InChI is InChI=1S/C16H28N2/c1-15(2,3)14-10-12-8-9-18(16(4,5)6)11-13(12)17(14)7/h10H,8-9,11H2,1-7H3. The van der Waals surface area contributed by atoms with Crippen LogP contribution in [0.5, 0.6) is 0 Å². The smallest absolute Gasteiger partial charge is 0.0395 e. The first-order valence-corrected chi connectivity index (χ1v) is 7.03. The van der Waals surface area contributed by atoms with Gasteiger partial charge < -0.3 is 4.57 Å². The predicted molar refractivity (Wildman–Crippen MR) is 78.0 cm³/mol. The lowest BCUT2D eigenvalue weighted by Crippen LogP contribution is -2.44. The van der Waals surface area contributed by atoms with Crippen molar-refractivity contribution in [3.8, 4) is 0 Å². The van der Waals surface area contributed by atoms with Gasteiger partial charge in [0.2, 0.25) is 0 Å². The van der Waals surface area contributed by atoms with Gasteiger partial charge in [-0.05, 0) is 38.8 Å². The van der Waals surface area contributed by atoms with Gasteiger partial charge >= 0.3 is 0 Å². The average molecular weight is 248 g/mol. The molecular formula is C16H28N2. The minimum Gasteiger partial charge on any atom is -0.350 e. The molecule has 1 aliphatic rings. The van der Waals surface area contributed by atoms with Gasteiger partial charge in [-0.3, -0.25) is 4.90 Å². The Kier molecular flexibility index (Phi) is 3.13. The minimum atomic E-state index is 0.235. The summed E-state index contributed by atoms with van der Waals surface area (Å²) in [7, 11) is 2.23. The van der Waals surface area contributed by atoms with E-state index in [1.807, 2.05) is 0 Å². The number of fused-ring (bicyclic) bond motifs is 1. The Morgan fingerprint density at radius 1 is 1.06 bits per heavy atom. The van der Waals surface area contributed by atoms with Crippen molar-refractivity contribution < 1.29 is 0 Å². The molecule has 18 heavy (non-hydrogen) atoms. The van der Waals surface area contributed by atoms with Gasteiger partial charge in [0.25, 0.3) is 0 Å². The van der Waals surface area contributed by atoms with E-state index in [9.17, 15) is 0 Å². The third kappa shape index (κ3) is 2.35. The molecule has 0 aromatic carbocycles. The third-order valence-electron chi connectivity index (χ3n) is 4.16. The van der Waals surface area contributed by atoms with E-state index in [0.29, 0.717) is 0 Å². The molecule has 2 nitrogen and oxygen atoms in total. The Morgan fingerprint density at radius 2 is 1.67 bits per heavy atom. The number of aromatic nitrogens is 1. The maximum absolute atomic E-state index is 2.59. The first-order valence-electron chi connectivity index (χ1n) is 7.03. The van der Waals surface area contributed by atoms with Crippen LogP contribution in [0.4, 0.5) is 0 Å². The molecule has 0 atom stereocenters. The van der Waals surface area contributed by atoms with Crippen LogP contribution in [-0.2, 0) is 25.4 Å². The molecule has 0 unspecified atom stereocenters. The summed E-state index contributed by atoms with van der Waals surface area (Å²) < 4.78 is 2.42. The first-order chi connectivity index (χ1) is 8.10. The molecule has 0 fully saturated rings. The third-order valence-corrected chi connectivity index (χ3v) is 4.16. The molecule has 2 rings (SSSR count). The normalized spacial score (nSPS) is 17.9. The molecule has 0 amide bonds. The van der Waals surface area contributed by atoms with Crippen LogP contribution >= 0.6 is 0 Å². The summed E-state index contributed by atoms with van der Waals surface area (Å²) in [4.78, 5) is 2.59. The summed E-state index contributed by atoms with van der Waals surface area (Å²) in [5.74, 6) is 0. The summed E-state index contributed by atoms with van der Waals surface area (Å²) in [5, 5.41) is 0. The molecular weight excluding hydrogens is 220 g/mol. The molecule has 0 saturated heterocycles. The van der Waals surface area contributed by atoms with Crippen molar-refractivity contribution in [1.82, 2.24) is 9.47 Å². The molecule has 1 aromatic heterocycles. The Bertz CT molecular complexity index is 441. The quantitative estimate of drug-likeness (QED) is 0.682. The topological polar surface area (TPSA) is 8.17 Å². The van der Waals surface area contributed by atoms with E-state index in [2.05, 4.69) is 64.1 Å². The van der Waals surface area contributed by atoms with Gasteiger partial charge in [0.1, 0.15) is 0 Å². The second-order valence-electron chi connectivity index (χ2n) is 7.65. The molecule has 0 bridgehead atoms. The van der Waals surface area contributed by atoms with Crippen molar-refractivity contribution in [2.75, 3.05) is 6.54 Å². The predicted octanol–water partition coefficient (Wildman–Crippen LogP) is 3.48. The highest BCUT2D eigenvalue weighted by atomic mass is 15.2. The molecule has 0 spiro atoms. The van der Waals surface area contributed by atoms with Crippen LogP contribution in [0.2, 0.25) is 0 Å². The molecule has 0 radical (unpaired) electrons. The van der Waals surface area contributed by atoms with Crippen LogP contribution in [0.1, 0.15) is 58.5 Å². The van der Waals surface area contributed by atoms with E-state index < -0.39 is 0 Å². The molecule has 2 heterocycles. The average Bonchev–Trinajstić information content (AvgIpc) is 2.54. The van der Waals surface area contributed by atoms with Crippen LogP contribution in [0.25, 0.3) is 0 Å². The van der Waals surface area contributed by atoms with Gasteiger partial charge in [0.15, 0.2) is 0 Å². The highest BCUT2D eigenvalue weighted by molar-refractivity contribution is 5.33. The zero-order valence-corrected chi connectivity index (χ0v) is 13.1. The molecule has 0 N–H and O–H groups in total. The maximum Gasteiger partial charge on any atom is 0.0395 e. The van der Waals surface area contributed by atoms with Crippen molar-refractivity contribution in [1.29, 1.82) is 0 Å². The lowest BCUT2D eigenvalue weighted by atomic mass is 9.91. The lowest BCUT2D eigenvalue weighted by Gasteiger charge is -2.38. The fourth-order valence-electron chi connectivity index (χ4n) is 2.94. The molecule has 102 valence electrons. The zero-order chi connectivity index (χ0) is 13.7. The molecule has 0 aliphatic carbocycles. The number of rotatable bonds is 0. The van der Waals surface area contributed by atoms with Crippen molar-refractivity contribution in [3.05, 3.63) is 23.0 Å². The summed E-state index contributed by atoms with van der Waals surface area (Å²) in [6.07, 6.45) is 1.19. The monoisotopic (exact) mass is 248 g/mol. The number of hydrogen-bond donors (Lipinski definition) is 0. The highest BCUT2D eigenvalue weighted by Crippen LogP contribution is 2.31. The van der Waals surface area contributed by atoms with Crippen LogP contribution < -0.4 is 0 Å². The van der Waals surface area contributed by atoms with E-state index in [4.69, 9.17) is 0 Å². The van der Waals surface area contributed by atoms with E-state index in [1.165, 1.54) is 24.4 Å². The second kappa shape index (κ2) is 4.12. The molecule has 1 aromatic rings. The van der Waals surface area contributed by atoms with Crippen LogP contribution in [-0.4, -0.2) is 21.6 Å². The SMILES string of the molecule is Cn1c(C(C)(C)C)cc2c1CN(C(C)(C)C)CC2. The summed E-state index contributed by atoms with van der Waals surface area (Å²) in [5.41, 5.74) is 5.04. The van der Waals surface area contributed by atoms with Crippen molar-refractivity contribution in [2.45, 2.75) is 65.5 Å². The Balaban J connectivity index is 2.37. The zero-order valence-electron chi connectivity index (χ0n) is 13.1. The van der Waals surface area contributed by atoms with Gasteiger partial charge in [-0.25, -0.2) is 0 Å². The second-order valence-corrected chi connectivity index (χ2v) is 7.65. The van der Waals surface area contributed by atoms with E-state index >= 15 is 0 Å². The fraction of sp³-hybridized carbons (Fsp3) is 0.750. The van der Waals surface area contributed by atoms with E-state index in [0.717, 1.165) is 6.54 Å². The van der Waals surface area contributed by atoms with Crippen molar-refractivity contribution in [3.63, 3.8) is 0 Å².